The topological polar surface area (TPSA) is 54.3 Å². The van der Waals surface area contributed by atoms with Crippen LogP contribution in [0.3, 0.4) is 0 Å². The van der Waals surface area contributed by atoms with Crippen molar-refractivity contribution in [2.45, 2.75) is 50.5 Å². The van der Waals surface area contributed by atoms with Gasteiger partial charge in [0.1, 0.15) is 0 Å². The van der Waals surface area contributed by atoms with Crippen molar-refractivity contribution < 1.29 is 4.79 Å². The summed E-state index contributed by atoms with van der Waals surface area (Å²) in [6.07, 6.45) is 7.02. The van der Waals surface area contributed by atoms with E-state index in [1.54, 1.807) is 0 Å². The first kappa shape index (κ1) is 18.3. The minimum Gasteiger partial charge on any atom is -0.337 e. The van der Waals surface area contributed by atoms with E-state index in [4.69, 9.17) is 0 Å². The highest BCUT2D eigenvalue weighted by molar-refractivity contribution is 9.10. The molecule has 1 aromatic heterocycles. The fourth-order valence-corrected chi connectivity index (χ4v) is 4.89. The fourth-order valence-electron chi connectivity index (χ4n) is 4.63. The Balaban J connectivity index is 1.34. The van der Waals surface area contributed by atoms with Crippen molar-refractivity contribution in [1.29, 1.82) is 0 Å². The summed E-state index contributed by atoms with van der Waals surface area (Å²) in [5.74, 6) is 0.463. The van der Waals surface area contributed by atoms with Gasteiger partial charge in [0.05, 0.1) is 11.4 Å². The van der Waals surface area contributed by atoms with Crippen LogP contribution in [0.15, 0.2) is 28.7 Å². The highest BCUT2D eigenvalue weighted by Gasteiger charge is 2.37. The van der Waals surface area contributed by atoms with Crippen molar-refractivity contribution >= 4 is 21.8 Å². The molecule has 1 aliphatic carbocycles. The Kier molecular flexibility index (Phi) is 4.97. The van der Waals surface area contributed by atoms with Crippen molar-refractivity contribution in [1.82, 2.24) is 24.8 Å². The third kappa shape index (κ3) is 3.50. The molecular weight excluding hydrogens is 418 g/mol. The molecule has 3 aliphatic rings. The lowest BCUT2D eigenvalue weighted by atomic mass is 10.0. The van der Waals surface area contributed by atoms with Gasteiger partial charge in [-0.25, -0.2) is 4.68 Å². The minimum absolute atomic E-state index is 0.0603. The second kappa shape index (κ2) is 7.59. The number of likely N-dealkylation sites (tertiary alicyclic amines) is 2. The second-order valence-corrected chi connectivity index (χ2v) is 9.17. The molecule has 3 heterocycles. The quantitative estimate of drug-likeness (QED) is 0.723. The molecule has 0 unspecified atom stereocenters. The van der Waals surface area contributed by atoms with Gasteiger partial charge in [-0.3, -0.25) is 4.79 Å². The van der Waals surface area contributed by atoms with Gasteiger partial charge in [0.15, 0.2) is 5.69 Å². The van der Waals surface area contributed by atoms with E-state index < -0.39 is 0 Å². The van der Waals surface area contributed by atoms with E-state index in [-0.39, 0.29) is 5.91 Å². The van der Waals surface area contributed by atoms with E-state index >= 15 is 0 Å². The molecule has 7 heteroatoms. The summed E-state index contributed by atoms with van der Waals surface area (Å²) >= 11 is 3.48. The van der Waals surface area contributed by atoms with Crippen LogP contribution in [-0.2, 0) is 0 Å². The van der Waals surface area contributed by atoms with Gasteiger partial charge in [-0.15, -0.1) is 5.10 Å². The van der Waals surface area contributed by atoms with Crippen molar-refractivity contribution in [3.05, 3.63) is 40.1 Å². The number of amides is 1. The summed E-state index contributed by atoms with van der Waals surface area (Å²) in [6.45, 7) is 4.11. The Morgan fingerprint density at radius 1 is 0.964 bits per heavy atom. The Bertz CT molecular complexity index is 846. The third-order valence-corrected chi connectivity index (χ3v) is 6.88. The average Bonchev–Trinajstić information content (AvgIpc) is 3.24. The maximum Gasteiger partial charge on any atom is 0.276 e. The Morgan fingerprint density at radius 3 is 2.29 bits per heavy atom. The molecule has 2 aromatic rings. The highest BCUT2D eigenvalue weighted by Crippen LogP contribution is 2.42. The van der Waals surface area contributed by atoms with Gasteiger partial charge in [0.2, 0.25) is 0 Å². The summed E-state index contributed by atoms with van der Waals surface area (Å²) < 4.78 is 2.90. The van der Waals surface area contributed by atoms with E-state index in [1.165, 1.54) is 25.9 Å². The number of hydrogen-bond acceptors (Lipinski definition) is 4. The number of hydrogen-bond donors (Lipinski definition) is 0. The van der Waals surface area contributed by atoms with Gasteiger partial charge < -0.3 is 9.80 Å². The molecule has 5 rings (SSSR count). The first-order chi connectivity index (χ1) is 13.7. The molecule has 0 N–H and O–H groups in total. The molecule has 2 saturated heterocycles. The van der Waals surface area contributed by atoms with Crippen LogP contribution < -0.4 is 0 Å². The molecule has 0 bridgehead atoms. The summed E-state index contributed by atoms with van der Waals surface area (Å²) in [7, 11) is 0. The zero-order valence-electron chi connectivity index (χ0n) is 16.1. The van der Waals surface area contributed by atoms with Crippen LogP contribution in [-0.4, -0.2) is 62.9 Å². The second-order valence-electron chi connectivity index (χ2n) is 8.25. The van der Waals surface area contributed by atoms with Gasteiger partial charge in [-0.05, 0) is 75.9 Å². The Hall–Kier alpha value is -1.73. The van der Waals surface area contributed by atoms with Crippen LogP contribution >= 0.6 is 15.9 Å². The van der Waals surface area contributed by atoms with Crippen LogP contribution in [0.5, 0.6) is 0 Å². The number of rotatable bonds is 4. The average molecular weight is 444 g/mol. The van der Waals surface area contributed by atoms with Crippen LogP contribution in [0.1, 0.15) is 60.6 Å². The molecule has 1 aromatic carbocycles. The fraction of sp³-hybridized carbons (Fsp3) is 0.571. The van der Waals surface area contributed by atoms with Crippen molar-refractivity contribution in [3.8, 4) is 5.69 Å². The number of carbonyl (C=O) groups is 1. The normalized spacial score (nSPS) is 21.4. The molecule has 0 radical (unpaired) electrons. The van der Waals surface area contributed by atoms with E-state index in [1.807, 2.05) is 33.8 Å². The lowest BCUT2D eigenvalue weighted by Crippen LogP contribution is -2.46. The van der Waals surface area contributed by atoms with Crippen molar-refractivity contribution in [3.63, 3.8) is 0 Å². The largest absolute Gasteiger partial charge is 0.337 e. The maximum atomic E-state index is 13.3. The van der Waals surface area contributed by atoms with E-state index in [2.05, 4.69) is 31.1 Å². The minimum atomic E-state index is 0.0603. The van der Waals surface area contributed by atoms with Crippen molar-refractivity contribution in [2.24, 2.45) is 0 Å². The molecule has 1 saturated carbocycles. The SMILES string of the molecule is O=C(c1nnn(-c2ccc(Br)cc2)c1C1CC1)N1CCC(N2CCCC2)CC1. The smallest absolute Gasteiger partial charge is 0.276 e. The van der Waals surface area contributed by atoms with E-state index in [0.29, 0.717) is 17.7 Å². The monoisotopic (exact) mass is 443 g/mol. The predicted molar refractivity (Wildman–Crippen MR) is 111 cm³/mol. The van der Waals surface area contributed by atoms with Gasteiger partial charge in [0, 0.05) is 29.5 Å². The molecule has 28 heavy (non-hydrogen) atoms. The number of aromatic nitrogens is 3. The van der Waals surface area contributed by atoms with Gasteiger partial charge in [0.25, 0.3) is 5.91 Å². The molecule has 0 spiro atoms. The lowest BCUT2D eigenvalue weighted by Gasteiger charge is -2.36. The summed E-state index contributed by atoms with van der Waals surface area (Å²) in [5.41, 5.74) is 2.52. The van der Waals surface area contributed by atoms with Gasteiger partial charge in [-0.2, -0.15) is 0 Å². The summed E-state index contributed by atoms with van der Waals surface area (Å²) in [4.78, 5) is 17.9. The predicted octanol–water partition coefficient (Wildman–Crippen LogP) is 3.61. The first-order valence-corrected chi connectivity index (χ1v) is 11.2. The number of nitrogens with zero attached hydrogens (tertiary/aromatic N) is 5. The molecule has 2 aliphatic heterocycles. The number of carbonyl (C=O) groups excluding carboxylic acids is 1. The molecule has 3 fully saturated rings. The molecule has 6 nitrogen and oxygen atoms in total. The summed E-state index contributed by atoms with van der Waals surface area (Å²) in [5, 5.41) is 8.71. The van der Waals surface area contributed by atoms with Crippen LogP contribution in [0, 0.1) is 0 Å². The maximum absolute atomic E-state index is 13.3. The Morgan fingerprint density at radius 2 is 1.64 bits per heavy atom. The standard InChI is InChI=1S/C21H26BrN5O/c22-16-5-7-18(8-6-16)27-20(15-3-4-15)19(23-24-27)21(28)26-13-9-17(10-14-26)25-11-1-2-12-25/h5-8,15,17H,1-4,9-14H2. The Labute approximate surface area is 174 Å². The highest BCUT2D eigenvalue weighted by atomic mass is 79.9. The van der Waals surface area contributed by atoms with Gasteiger partial charge in [-0.1, -0.05) is 21.1 Å². The summed E-state index contributed by atoms with van der Waals surface area (Å²) in [6, 6.07) is 8.67. The molecular formula is C21H26BrN5O. The van der Waals surface area contributed by atoms with E-state index in [9.17, 15) is 4.79 Å². The number of piperidine rings is 1. The van der Waals surface area contributed by atoms with Crippen LogP contribution in [0.25, 0.3) is 5.69 Å². The number of halogens is 1. The van der Waals surface area contributed by atoms with E-state index in [0.717, 1.165) is 54.6 Å². The zero-order chi connectivity index (χ0) is 19.1. The van der Waals surface area contributed by atoms with Crippen LogP contribution in [0.4, 0.5) is 0 Å². The number of benzene rings is 1. The zero-order valence-corrected chi connectivity index (χ0v) is 17.6. The van der Waals surface area contributed by atoms with Crippen molar-refractivity contribution in [2.75, 3.05) is 26.2 Å². The van der Waals surface area contributed by atoms with Gasteiger partial charge >= 0.3 is 0 Å². The van der Waals surface area contributed by atoms with Crippen LogP contribution in [0.2, 0.25) is 0 Å². The molecule has 0 atom stereocenters. The lowest BCUT2D eigenvalue weighted by molar-refractivity contribution is 0.0637. The molecule has 148 valence electrons. The third-order valence-electron chi connectivity index (χ3n) is 6.35. The molecule has 1 amide bonds. The first-order valence-electron chi connectivity index (χ1n) is 10.5.